The van der Waals surface area contributed by atoms with Gasteiger partial charge in [-0.05, 0) is 61.9 Å². The first-order chi connectivity index (χ1) is 25.8. The second-order valence-electron chi connectivity index (χ2n) is 13.2. The Labute approximate surface area is 306 Å². The summed E-state index contributed by atoms with van der Waals surface area (Å²) in [5, 5.41) is 53.7. The number of ether oxygens (including phenoxy) is 3. The number of carboxylic acid groups (broad SMARTS) is 1. The van der Waals surface area contributed by atoms with Crippen molar-refractivity contribution < 1.29 is 58.6 Å². The molecule has 54 heavy (non-hydrogen) atoms. The van der Waals surface area contributed by atoms with E-state index in [1.807, 2.05) is 38.1 Å². The van der Waals surface area contributed by atoms with Gasteiger partial charge < -0.3 is 54.0 Å². The summed E-state index contributed by atoms with van der Waals surface area (Å²) in [5.74, 6) is -2.46. The van der Waals surface area contributed by atoms with Crippen LogP contribution >= 0.6 is 0 Å². The molecule has 1 aliphatic heterocycles. The number of carbonyl (C=O) groups is 2. The Hall–Kier alpha value is -6.13. The second-order valence-corrected chi connectivity index (χ2v) is 13.2. The van der Waals surface area contributed by atoms with Crippen molar-refractivity contribution in [2.75, 3.05) is 13.2 Å². The number of hydrogen-bond acceptors (Lipinski definition) is 12. The van der Waals surface area contributed by atoms with Crippen molar-refractivity contribution in [2.45, 2.75) is 50.5 Å². The first-order valence-corrected chi connectivity index (χ1v) is 16.8. The van der Waals surface area contributed by atoms with Gasteiger partial charge in [-0.1, -0.05) is 29.3 Å². The Morgan fingerprint density at radius 1 is 1.00 bits per heavy atom. The fourth-order valence-corrected chi connectivity index (χ4v) is 6.68. The number of phenols is 1. The molecule has 0 spiro atoms. The Bertz CT molecular complexity index is 2390. The van der Waals surface area contributed by atoms with E-state index in [0.717, 1.165) is 22.1 Å². The quantitative estimate of drug-likeness (QED) is 0.0829. The third-order valence-electron chi connectivity index (χ3n) is 9.26. The molecule has 15 nitrogen and oxygen atoms in total. The molecule has 3 aromatic heterocycles. The average Bonchev–Trinajstić information content (AvgIpc) is 3.72. The van der Waals surface area contributed by atoms with E-state index in [2.05, 4.69) is 4.98 Å². The Balaban J connectivity index is 1.27. The van der Waals surface area contributed by atoms with Gasteiger partial charge in [-0.25, -0.2) is 0 Å². The molecule has 1 aliphatic rings. The van der Waals surface area contributed by atoms with Crippen LogP contribution in [0, 0.1) is 13.8 Å². The van der Waals surface area contributed by atoms with Crippen molar-refractivity contribution >= 4 is 33.8 Å². The van der Waals surface area contributed by atoms with Gasteiger partial charge in [0.05, 0.1) is 29.3 Å². The summed E-state index contributed by atoms with van der Waals surface area (Å²) in [5.41, 5.74) is 1.98. The molecule has 6 N–H and O–H groups in total. The van der Waals surface area contributed by atoms with Gasteiger partial charge in [0.2, 0.25) is 12.4 Å². The molecule has 0 radical (unpaired) electrons. The van der Waals surface area contributed by atoms with Crippen LogP contribution in [0.1, 0.15) is 17.5 Å². The largest absolute Gasteiger partial charge is 0.508 e. The molecular weight excluding hydrogens is 704 g/mol. The zero-order chi connectivity index (χ0) is 38.3. The van der Waals surface area contributed by atoms with E-state index in [0.29, 0.717) is 16.8 Å². The van der Waals surface area contributed by atoms with Crippen LogP contribution in [0.5, 0.6) is 11.5 Å². The van der Waals surface area contributed by atoms with Crippen LogP contribution in [0.2, 0.25) is 0 Å². The minimum absolute atomic E-state index is 0.0371. The van der Waals surface area contributed by atoms with Gasteiger partial charge in [0.25, 0.3) is 0 Å². The summed E-state index contributed by atoms with van der Waals surface area (Å²) in [6.07, 6.45) is -3.07. The lowest BCUT2D eigenvalue weighted by Gasteiger charge is -2.48. The summed E-state index contributed by atoms with van der Waals surface area (Å²) in [6.45, 7) is 2.10. The predicted octanol–water partition coefficient (Wildman–Crippen LogP) is 3.44. The van der Waals surface area contributed by atoms with Crippen LogP contribution < -0.4 is 15.0 Å². The number of carbonyl (C=O) groups excluding carboxylic acids is 1. The molecule has 5 atom stereocenters. The molecule has 280 valence electrons. The minimum atomic E-state index is -2.52. The lowest BCUT2D eigenvalue weighted by Crippen LogP contribution is -2.72. The normalized spacial score (nSPS) is 21.3. The highest BCUT2D eigenvalue weighted by Gasteiger charge is 2.59. The molecule has 6 aromatic rings. The number of carboxylic acids is 1. The highest BCUT2D eigenvalue weighted by atomic mass is 16.8. The molecule has 4 heterocycles. The van der Waals surface area contributed by atoms with E-state index in [-0.39, 0.29) is 33.5 Å². The number of nitrogens with zero attached hydrogens (tertiary/aromatic N) is 1. The van der Waals surface area contributed by atoms with Crippen LogP contribution in [-0.4, -0.2) is 90.6 Å². The van der Waals surface area contributed by atoms with E-state index in [1.54, 1.807) is 24.5 Å². The fourth-order valence-electron chi connectivity index (χ4n) is 6.68. The van der Waals surface area contributed by atoms with Gasteiger partial charge >= 0.3 is 11.9 Å². The standard InChI is InChI=1S/C39H36N2O13/c1-20-11-21(2)13-24(12-20)34-33-23(9-10-40-33)16-41(34)54-37-38(53-30(36(48)39(37,49)19-42)18-51-32(46)15-31(44)45)52-26-7-8-27-29(14-26)50-17-28(35(27)47)22-3-5-25(43)6-4-22/h3-14,16-17,30,36-38,40,42-43,48-49H,15,18-19H2,1-2H3,(H,44,45)/t30-,36-,37+,38-,39+/m0/s1. The minimum Gasteiger partial charge on any atom is -0.508 e. The Kier molecular flexibility index (Phi) is 9.64. The summed E-state index contributed by atoms with van der Waals surface area (Å²) < 4.78 is 24.5. The van der Waals surface area contributed by atoms with Gasteiger partial charge in [0.1, 0.15) is 54.3 Å². The number of aliphatic hydroxyl groups is 3. The lowest BCUT2D eigenvalue weighted by atomic mass is 9.84. The number of esters is 1. The number of aromatic nitrogens is 2. The molecule has 1 fully saturated rings. The van der Waals surface area contributed by atoms with Crippen LogP contribution in [0.25, 0.3) is 44.3 Å². The molecule has 0 aliphatic carbocycles. The van der Waals surface area contributed by atoms with E-state index in [4.69, 9.17) is 28.6 Å². The zero-order valence-electron chi connectivity index (χ0n) is 29.0. The highest BCUT2D eigenvalue weighted by molar-refractivity contribution is 5.93. The smallest absolute Gasteiger partial charge is 0.317 e. The van der Waals surface area contributed by atoms with Crippen molar-refractivity contribution in [3.05, 3.63) is 107 Å². The van der Waals surface area contributed by atoms with E-state index in [1.165, 1.54) is 41.3 Å². The average molecular weight is 741 g/mol. The number of aryl methyl sites for hydroxylation is 2. The Morgan fingerprint density at radius 2 is 1.74 bits per heavy atom. The van der Waals surface area contributed by atoms with Crippen molar-refractivity contribution in [3.63, 3.8) is 0 Å². The van der Waals surface area contributed by atoms with Crippen molar-refractivity contribution in [2.24, 2.45) is 0 Å². The number of fused-ring (bicyclic) bond motifs is 2. The SMILES string of the molecule is Cc1cc(C)cc(-c2c3[nH]ccc3cn2O[C@@H]2[C@@H](Oc3ccc4c(=O)c(-c5ccc(O)cc5)coc4c3)O[C@@H](COC(=O)CC(=O)O)[C@H](O)[C@]2(O)CO)c1. The molecular formula is C39H36N2O13. The van der Waals surface area contributed by atoms with Gasteiger partial charge in [-0.15, -0.1) is 0 Å². The molecule has 7 rings (SSSR count). The number of aliphatic carboxylic acids is 1. The number of rotatable bonds is 11. The number of aromatic amines is 1. The number of hydrogen-bond donors (Lipinski definition) is 6. The van der Waals surface area contributed by atoms with E-state index >= 15 is 0 Å². The molecule has 0 amide bonds. The lowest BCUT2D eigenvalue weighted by molar-refractivity contribution is -0.328. The van der Waals surface area contributed by atoms with Crippen LogP contribution in [0.3, 0.4) is 0 Å². The number of phenolic OH excluding ortho intramolecular Hbond substituents is 1. The third kappa shape index (κ3) is 6.88. The number of nitrogens with one attached hydrogen (secondary N) is 1. The first kappa shape index (κ1) is 36.2. The molecule has 0 bridgehead atoms. The van der Waals surface area contributed by atoms with Gasteiger partial charge in [0, 0.05) is 23.2 Å². The summed E-state index contributed by atoms with van der Waals surface area (Å²) in [4.78, 5) is 46.2. The van der Waals surface area contributed by atoms with Crippen molar-refractivity contribution in [1.29, 1.82) is 0 Å². The number of H-pyrrole nitrogens is 1. The second kappa shape index (κ2) is 14.4. The van der Waals surface area contributed by atoms with Gasteiger partial charge in [-0.3, -0.25) is 14.4 Å². The van der Waals surface area contributed by atoms with E-state index < -0.39 is 61.8 Å². The van der Waals surface area contributed by atoms with Crippen LogP contribution in [-0.2, 0) is 19.1 Å². The van der Waals surface area contributed by atoms with Gasteiger partial charge in [-0.2, -0.15) is 4.73 Å². The topological polar surface area (TPSA) is 223 Å². The number of aromatic hydroxyl groups is 1. The van der Waals surface area contributed by atoms with Crippen molar-refractivity contribution in [3.8, 4) is 33.9 Å². The van der Waals surface area contributed by atoms with Gasteiger partial charge in [0.15, 0.2) is 11.0 Å². The summed E-state index contributed by atoms with van der Waals surface area (Å²) in [7, 11) is 0. The third-order valence-corrected chi connectivity index (χ3v) is 9.26. The highest BCUT2D eigenvalue weighted by Crippen LogP contribution is 2.36. The van der Waals surface area contributed by atoms with Crippen LogP contribution in [0.15, 0.2) is 94.6 Å². The maximum absolute atomic E-state index is 13.4. The predicted molar refractivity (Wildman–Crippen MR) is 192 cm³/mol. The maximum atomic E-state index is 13.4. The van der Waals surface area contributed by atoms with Crippen molar-refractivity contribution in [1.82, 2.24) is 9.71 Å². The molecule has 0 unspecified atom stereocenters. The summed E-state index contributed by atoms with van der Waals surface area (Å²) in [6, 6.07) is 18.1. The number of benzene rings is 3. The van der Waals surface area contributed by atoms with Crippen LogP contribution in [0.4, 0.5) is 0 Å². The molecule has 1 saturated heterocycles. The molecule has 3 aromatic carbocycles. The molecule has 0 saturated carbocycles. The fraction of sp³-hybridized carbons (Fsp3) is 0.256. The summed E-state index contributed by atoms with van der Waals surface area (Å²) >= 11 is 0. The van der Waals surface area contributed by atoms with E-state index in [9.17, 15) is 34.8 Å². The first-order valence-electron chi connectivity index (χ1n) is 16.8. The Morgan fingerprint density at radius 3 is 2.44 bits per heavy atom. The molecule has 15 heteroatoms. The zero-order valence-corrected chi connectivity index (χ0v) is 29.0. The number of aliphatic hydroxyl groups excluding tert-OH is 2. The monoisotopic (exact) mass is 740 g/mol. The maximum Gasteiger partial charge on any atom is 0.317 e.